The van der Waals surface area contributed by atoms with Gasteiger partial charge >= 0.3 is 5.69 Å². The number of aromatic nitrogens is 5. The SMILES string of the molecule is COc1ccc(OC[C@@H](O)Cn2c(N/N=C\c3ccncc3)nc3c2c(=O)n(C)c(=O)n3C)cc1. The molecule has 182 valence electrons. The quantitative estimate of drug-likeness (QED) is 0.265. The number of hydrogen-bond donors (Lipinski definition) is 2. The van der Waals surface area contributed by atoms with Crippen LogP contribution in [0.25, 0.3) is 11.2 Å². The zero-order valence-corrected chi connectivity index (χ0v) is 19.5. The molecule has 0 radical (unpaired) electrons. The fourth-order valence-corrected chi connectivity index (χ4v) is 3.45. The molecule has 0 fully saturated rings. The Bertz CT molecular complexity index is 1460. The molecule has 0 spiro atoms. The predicted molar refractivity (Wildman–Crippen MR) is 130 cm³/mol. The summed E-state index contributed by atoms with van der Waals surface area (Å²) in [6, 6.07) is 10.5. The van der Waals surface area contributed by atoms with Gasteiger partial charge in [-0.25, -0.2) is 10.2 Å². The average molecular weight is 479 g/mol. The Hall–Kier alpha value is -4.45. The predicted octanol–water partition coefficient (Wildman–Crippen LogP) is 0.723. The molecule has 3 aromatic heterocycles. The number of methoxy groups -OCH3 is 1. The number of pyridine rings is 1. The lowest BCUT2D eigenvalue weighted by Crippen LogP contribution is -2.38. The largest absolute Gasteiger partial charge is 0.497 e. The number of imidazole rings is 1. The van der Waals surface area contributed by atoms with E-state index in [1.807, 2.05) is 0 Å². The molecule has 0 amide bonds. The molecular weight excluding hydrogens is 454 g/mol. The minimum absolute atomic E-state index is 0.0345. The Kier molecular flexibility index (Phi) is 6.92. The van der Waals surface area contributed by atoms with Crippen molar-refractivity contribution in [3.63, 3.8) is 0 Å². The number of fused-ring (bicyclic) bond motifs is 1. The number of benzene rings is 1. The molecule has 2 N–H and O–H groups in total. The summed E-state index contributed by atoms with van der Waals surface area (Å²) in [7, 11) is 4.48. The normalized spacial score (nSPS) is 12.2. The Balaban J connectivity index is 1.62. The first kappa shape index (κ1) is 23.7. The van der Waals surface area contributed by atoms with E-state index < -0.39 is 17.4 Å². The molecule has 12 heteroatoms. The van der Waals surface area contributed by atoms with Gasteiger partial charge in [0.1, 0.15) is 24.2 Å². The van der Waals surface area contributed by atoms with Crippen molar-refractivity contribution in [2.75, 3.05) is 19.1 Å². The smallest absolute Gasteiger partial charge is 0.332 e. The Morgan fingerprint density at radius 1 is 1.09 bits per heavy atom. The molecule has 0 saturated heterocycles. The highest BCUT2D eigenvalue weighted by atomic mass is 16.5. The van der Waals surface area contributed by atoms with Gasteiger partial charge in [0.05, 0.1) is 19.9 Å². The number of nitrogens with one attached hydrogen (secondary N) is 1. The first-order valence-electron chi connectivity index (χ1n) is 10.7. The van der Waals surface area contributed by atoms with Gasteiger partial charge in [-0.15, -0.1) is 0 Å². The van der Waals surface area contributed by atoms with Gasteiger partial charge in [-0.3, -0.25) is 18.9 Å². The fraction of sp³-hybridized carbons (Fsp3) is 0.261. The second-order valence-electron chi connectivity index (χ2n) is 7.71. The third kappa shape index (κ3) is 5.06. The molecule has 0 unspecified atom stereocenters. The van der Waals surface area contributed by atoms with E-state index in [4.69, 9.17) is 9.47 Å². The second kappa shape index (κ2) is 10.2. The van der Waals surface area contributed by atoms with Crippen LogP contribution in [0.3, 0.4) is 0 Å². The number of aliphatic hydroxyl groups excluding tert-OH is 1. The summed E-state index contributed by atoms with van der Waals surface area (Å²) >= 11 is 0. The minimum Gasteiger partial charge on any atom is -0.497 e. The summed E-state index contributed by atoms with van der Waals surface area (Å²) in [5, 5.41) is 14.9. The maximum absolute atomic E-state index is 12.9. The van der Waals surface area contributed by atoms with Crippen molar-refractivity contribution in [2.24, 2.45) is 19.2 Å². The maximum Gasteiger partial charge on any atom is 0.332 e. The van der Waals surface area contributed by atoms with Gasteiger partial charge in [0.2, 0.25) is 5.95 Å². The van der Waals surface area contributed by atoms with Gasteiger partial charge in [-0.1, -0.05) is 0 Å². The molecule has 1 atom stereocenters. The molecule has 3 heterocycles. The van der Waals surface area contributed by atoms with E-state index in [1.165, 1.54) is 23.2 Å². The van der Waals surface area contributed by atoms with Crippen LogP contribution in [0.5, 0.6) is 11.5 Å². The van der Waals surface area contributed by atoms with E-state index in [1.54, 1.807) is 62.1 Å². The van der Waals surface area contributed by atoms with Crippen LogP contribution in [0.1, 0.15) is 5.56 Å². The molecular formula is C23H25N7O5. The van der Waals surface area contributed by atoms with Crippen LogP contribution >= 0.6 is 0 Å². The zero-order valence-electron chi connectivity index (χ0n) is 19.5. The molecule has 0 aliphatic rings. The highest BCUT2D eigenvalue weighted by molar-refractivity contribution is 5.80. The Morgan fingerprint density at radius 3 is 2.46 bits per heavy atom. The van der Waals surface area contributed by atoms with Gasteiger partial charge < -0.3 is 19.1 Å². The van der Waals surface area contributed by atoms with Crippen molar-refractivity contribution in [3.8, 4) is 11.5 Å². The van der Waals surface area contributed by atoms with E-state index in [9.17, 15) is 14.7 Å². The molecule has 0 bridgehead atoms. The van der Waals surface area contributed by atoms with Crippen LogP contribution in [0.4, 0.5) is 5.95 Å². The molecule has 12 nitrogen and oxygen atoms in total. The van der Waals surface area contributed by atoms with E-state index in [0.717, 1.165) is 10.1 Å². The van der Waals surface area contributed by atoms with Crippen LogP contribution in [0.15, 0.2) is 63.5 Å². The number of rotatable bonds is 9. The van der Waals surface area contributed by atoms with Crippen molar-refractivity contribution in [1.82, 2.24) is 23.7 Å². The minimum atomic E-state index is -0.999. The van der Waals surface area contributed by atoms with Gasteiger partial charge in [-0.05, 0) is 42.0 Å². The van der Waals surface area contributed by atoms with Crippen LogP contribution in [0, 0.1) is 0 Å². The zero-order chi connectivity index (χ0) is 24.9. The lowest BCUT2D eigenvalue weighted by molar-refractivity contribution is 0.0938. The van der Waals surface area contributed by atoms with Gasteiger partial charge in [0.25, 0.3) is 5.56 Å². The molecule has 1 aromatic carbocycles. The number of hydrogen-bond acceptors (Lipinski definition) is 9. The molecule has 0 aliphatic heterocycles. The molecule has 0 saturated carbocycles. The number of aryl methyl sites for hydroxylation is 1. The molecule has 4 aromatic rings. The van der Waals surface area contributed by atoms with Gasteiger partial charge in [0.15, 0.2) is 11.2 Å². The number of aliphatic hydroxyl groups is 1. The highest BCUT2D eigenvalue weighted by Gasteiger charge is 2.21. The number of nitrogens with zero attached hydrogens (tertiary/aromatic N) is 6. The summed E-state index contributed by atoms with van der Waals surface area (Å²) in [5.41, 5.74) is 2.88. The van der Waals surface area contributed by atoms with Gasteiger partial charge in [-0.2, -0.15) is 10.1 Å². The lowest BCUT2D eigenvalue weighted by atomic mass is 10.3. The third-order valence-electron chi connectivity index (χ3n) is 5.33. The van der Waals surface area contributed by atoms with Crippen LogP contribution in [0.2, 0.25) is 0 Å². The maximum atomic E-state index is 12.9. The van der Waals surface area contributed by atoms with Crippen molar-refractivity contribution in [2.45, 2.75) is 12.6 Å². The number of hydrazone groups is 1. The fourth-order valence-electron chi connectivity index (χ4n) is 3.45. The van der Waals surface area contributed by atoms with E-state index in [0.29, 0.717) is 11.5 Å². The first-order valence-corrected chi connectivity index (χ1v) is 10.7. The second-order valence-corrected chi connectivity index (χ2v) is 7.71. The lowest BCUT2D eigenvalue weighted by Gasteiger charge is -2.15. The number of anilines is 1. The third-order valence-corrected chi connectivity index (χ3v) is 5.33. The van der Waals surface area contributed by atoms with Crippen LogP contribution in [-0.4, -0.2) is 54.8 Å². The number of ether oxygens (including phenoxy) is 2. The van der Waals surface area contributed by atoms with Crippen molar-refractivity contribution < 1.29 is 14.6 Å². The molecule has 35 heavy (non-hydrogen) atoms. The topological polar surface area (TPSA) is 138 Å². The van der Waals surface area contributed by atoms with Crippen molar-refractivity contribution in [1.29, 1.82) is 0 Å². The summed E-state index contributed by atoms with van der Waals surface area (Å²) in [5.74, 6) is 1.43. The summed E-state index contributed by atoms with van der Waals surface area (Å²) < 4.78 is 14.5. The van der Waals surface area contributed by atoms with Crippen LogP contribution < -0.4 is 26.1 Å². The van der Waals surface area contributed by atoms with E-state index in [-0.39, 0.29) is 30.3 Å². The highest BCUT2D eigenvalue weighted by Crippen LogP contribution is 2.19. The summed E-state index contributed by atoms with van der Waals surface area (Å²) in [6.07, 6.45) is 3.83. The Labute approximate surface area is 199 Å². The first-order chi connectivity index (χ1) is 16.9. The monoisotopic (exact) mass is 479 g/mol. The molecule has 0 aliphatic carbocycles. The van der Waals surface area contributed by atoms with E-state index >= 15 is 0 Å². The van der Waals surface area contributed by atoms with E-state index in [2.05, 4.69) is 20.5 Å². The standard InChI is InChI=1S/C23H25N7O5/c1-28-20-19(21(32)29(2)23(28)33)30(22(26-20)27-25-12-15-8-10-24-11-9-15)13-16(31)14-35-18-6-4-17(34-3)5-7-18/h4-12,16,31H,13-14H2,1-3H3,(H,26,27)/b25-12-/t16-/m0/s1. The van der Waals surface area contributed by atoms with Gasteiger partial charge in [0, 0.05) is 26.5 Å². The van der Waals surface area contributed by atoms with Crippen molar-refractivity contribution >= 4 is 23.3 Å². The van der Waals surface area contributed by atoms with Crippen molar-refractivity contribution in [3.05, 3.63) is 75.2 Å². The van der Waals surface area contributed by atoms with Crippen LogP contribution in [-0.2, 0) is 20.6 Å². The summed E-state index contributed by atoms with van der Waals surface area (Å²) in [4.78, 5) is 33.7. The molecule has 4 rings (SSSR count). The Morgan fingerprint density at radius 2 is 1.77 bits per heavy atom. The average Bonchev–Trinajstić information content (AvgIpc) is 3.24. The summed E-state index contributed by atoms with van der Waals surface area (Å²) in [6.45, 7) is -0.0784.